The van der Waals surface area contributed by atoms with Crippen molar-refractivity contribution >= 4 is 23.2 Å². The molecule has 0 bridgehead atoms. The van der Waals surface area contributed by atoms with Crippen LogP contribution in [0.25, 0.3) is 28.5 Å². The molecule has 1 fully saturated rings. The number of hydrogen-bond acceptors (Lipinski definition) is 6. The van der Waals surface area contributed by atoms with Crippen LogP contribution in [-0.4, -0.2) is 47.7 Å². The van der Waals surface area contributed by atoms with Gasteiger partial charge in [0, 0.05) is 29.4 Å². The zero-order valence-corrected chi connectivity index (χ0v) is 18.9. The summed E-state index contributed by atoms with van der Waals surface area (Å²) in [6, 6.07) is 10.8. The molecule has 1 saturated heterocycles. The van der Waals surface area contributed by atoms with Crippen molar-refractivity contribution in [1.29, 1.82) is 0 Å². The van der Waals surface area contributed by atoms with Crippen molar-refractivity contribution in [3.8, 4) is 22.8 Å². The minimum atomic E-state index is -0.389. The maximum absolute atomic E-state index is 13.0. The lowest BCUT2D eigenvalue weighted by molar-refractivity contribution is -0.135. The molecule has 1 atom stereocenters. The highest BCUT2D eigenvalue weighted by Gasteiger charge is 2.26. The highest BCUT2D eigenvalue weighted by atomic mass is 35.5. The third kappa shape index (κ3) is 4.04. The fourth-order valence-corrected chi connectivity index (χ4v) is 4.55. The number of fused-ring (bicyclic) bond motifs is 1. The first-order valence-corrected chi connectivity index (χ1v) is 11.4. The molecule has 1 aromatic carbocycles. The molecule has 0 spiro atoms. The number of pyridine rings is 1. The largest absolute Gasteiger partial charge is 0.350 e. The minimum absolute atomic E-state index is 0.0883. The number of piperidine rings is 1. The van der Waals surface area contributed by atoms with Crippen LogP contribution in [0.15, 0.2) is 51.9 Å². The standard InChI is InChI=1S/C23H23ClN6O3/c1-2-17-9-3-4-11-28(17)19(31)14-30-23(32)29-12-6-10-18(21(29)26-30)22-25-20(27-33-22)15-7-5-8-16(24)13-15/h5-8,10,12-13,17H,2-4,9,11,14H2,1H3/t17-/m0/s1. The van der Waals surface area contributed by atoms with Crippen molar-refractivity contribution in [2.45, 2.75) is 45.2 Å². The predicted octanol–water partition coefficient (Wildman–Crippen LogP) is 3.66. The number of halogens is 1. The van der Waals surface area contributed by atoms with E-state index in [1.807, 2.05) is 11.0 Å². The summed E-state index contributed by atoms with van der Waals surface area (Å²) in [6.07, 6.45) is 5.62. The number of nitrogens with zero attached hydrogens (tertiary/aromatic N) is 6. The van der Waals surface area contributed by atoms with Crippen LogP contribution in [0, 0.1) is 0 Å². The first kappa shape index (κ1) is 21.4. The molecule has 0 saturated carbocycles. The molecular formula is C23H23ClN6O3. The Bertz CT molecular complexity index is 1370. The third-order valence-electron chi connectivity index (χ3n) is 6.05. The van der Waals surface area contributed by atoms with E-state index in [1.54, 1.807) is 36.5 Å². The molecule has 0 N–H and O–H groups in total. The van der Waals surface area contributed by atoms with Gasteiger partial charge in [0.25, 0.3) is 5.89 Å². The van der Waals surface area contributed by atoms with E-state index >= 15 is 0 Å². The number of likely N-dealkylation sites (tertiary alicyclic amines) is 1. The first-order chi connectivity index (χ1) is 16.0. The molecule has 0 unspecified atom stereocenters. The van der Waals surface area contributed by atoms with Crippen LogP contribution < -0.4 is 5.69 Å². The van der Waals surface area contributed by atoms with Gasteiger partial charge in [0.1, 0.15) is 6.54 Å². The van der Waals surface area contributed by atoms with Crippen molar-refractivity contribution in [2.24, 2.45) is 0 Å². The summed E-state index contributed by atoms with van der Waals surface area (Å²) in [5.74, 6) is 0.512. The quantitative estimate of drug-likeness (QED) is 0.445. The van der Waals surface area contributed by atoms with Gasteiger partial charge in [0.2, 0.25) is 11.7 Å². The number of hydrogen-bond donors (Lipinski definition) is 0. The molecule has 9 nitrogen and oxygen atoms in total. The van der Waals surface area contributed by atoms with Gasteiger partial charge in [-0.3, -0.25) is 4.79 Å². The van der Waals surface area contributed by atoms with Gasteiger partial charge in [-0.25, -0.2) is 13.9 Å². The molecule has 33 heavy (non-hydrogen) atoms. The number of rotatable bonds is 5. The second-order valence-electron chi connectivity index (χ2n) is 8.13. The van der Waals surface area contributed by atoms with Crippen LogP contribution in [0.1, 0.15) is 32.6 Å². The molecule has 170 valence electrons. The first-order valence-electron chi connectivity index (χ1n) is 11.0. The number of benzene rings is 1. The van der Waals surface area contributed by atoms with E-state index in [0.717, 1.165) is 32.2 Å². The number of amides is 1. The van der Waals surface area contributed by atoms with Gasteiger partial charge < -0.3 is 9.42 Å². The van der Waals surface area contributed by atoms with Crippen LogP contribution in [0.4, 0.5) is 0 Å². The summed E-state index contributed by atoms with van der Waals surface area (Å²) in [7, 11) is 0. The Morgan fingerprint density at radius 2 is 2.12 bits per heavy atom. The second-order valence-corrected chi connectivity index (χ2v) is 8.57. The van der Waals surface area contributed by atoms with Crippen molar-refractivity contribution in [1.82, 2.24) is 29.2 Å². The van der Waals surface area contributed by atoms with Gasteiger partial charge in [-0.1, -0.05) is 35.8 Å². The molecule has 10 heteroatoms. The average molecular weight is 467 g/mol. The van der Waals surface area contributed by atoms with Crippen LogP contribution >= 0.6 is 11.6 Å². The molecular weight excluding hydrogens is 444 g/mol. The second kappa shape index (κ2) is 8.82. The summed E-state index contributed by atoms with van der Waals surface area (Å²) in [6.45, 7) is 2.70. The molecule has 1 aliphatic heterocycles. The summed E-state index contributed by atoms with van der Waals surface area (Å²) in [5, 5.41) is 9.05. The van der Waals surface area contributed by atoms with Gasteiger partial charge in [-0.15, -0.1) is 5.10 Å². The maximum atomic E-state index is 13.0. The summed E-state index contributed by atoms with van der Waals surface area (Å²) < 4.78 is 8.06. The fraction of sp³-hybridized carbons (Fsp3) is 0.348. The van der Waals surface area contributed by atoms with Crippen molar-refractivity contribution in [2.75, 3.05) is 6.54 Å². The van der Waals surface area contributed by atoms with Crippen molar-refractivity contribution in [3.05, 3.63) is 58.1 Å². The lowest BCUT2D eigenvalue weighted by atomic mass is 10.00. The topological polar surface area (TPSA) is 98.5 Å². The van der Waals surface area contributed by atoms with Gasteiger partial charge in [0.05, 0.1) is 5.56 Å². The molecule has 0 aliphatic carbocycles. The average Bonchev–Trinajstić information content (AvgIpc) is 3.44. The summed E-state index contributed by atoms with van der Waals surface area (Å²) >= 11 is 6.06. The Kier molecular flexibility index (Phi) is 5.72. The highest BCUT2D eigenvalue weighted by molar-refractivity contribution is 6.30. The Balaban J connectivity index is 1.47. The number of carbonyl (C=O) groups is 1. The van der Waals surface area contributed by atoms with Crippen molar-refractivity contribution in [3.63, 3.8) is 0 Å². The molecule has 4 aromatic rings. The Hall–Kier alpha value is -3.46. The van der Waals surface area contributed by atoms with Gasteiger partial charge in [0.15, 0.2) is 5.65 Å². The van der Waals surface area contributed by atoms with E-state index < -0.39 is 0 Å². The maximum Gasteiger partial charge on any atom is 0.350 e. The Morgan fingerprint density at radius 1 is 1.24 bits per heavy atom. The zero-order chi connectivity index (χ0) is 22.9. The van der Waals surface area contributed by atoms with Gasteiger partial charge in [-0.2, -0.15) is 4.98 Å². The van der Waals surface area contributed by atoms with E-state index in [2.05, 4.69) is 22.2 Å². The third-order valence-corrected chi connectivity index (χ3v) is 6.29. The van der Waals surface area contributed by atoms with Crippen LogP contribution in [0.2, 0.25) is 5.02 Å². The summed E-state index contributed by atoms with van der Waals surface area (Å²) in [4.78, 5) is 32.3. The van der Waals surface area contributed by atoms with Crippen LogP contribution in [-0.2, 0) is 11.3 Å². The molecule has 1 amide bonds. The lowest BCUT2D eigenvalue weighted by Crippen LogP contribution is -2.45. The Labute approximate surface area is 194 Å². The molecule has 4 heterocycles. The van der Waals surface area contributed by atoms with Gasteiger partial charge in [-0.05, 0) is 49.9 Å². The fourth-order valence-electron chi connectivity index (χ4n) is 4.36. The molecule has 0 radical (unpaired) electrons. The summed E-state index contributed by atoms with van der Waals surface area (Å²) in [5.41, 5.74) is 1.18. The van der Waals surface area contributed by atoms with E-state index in [9.17, 15) is 9.59 Å². The van der Waals surface area contributed by atoms with E-state index in [1.165, 1.54) is 9.08 Å². The van der Waals surface area contributed by atoms with Crippen LogP contribution in [0.5, 0.6) is 0 Å². The monoisotopic (exact) mass is 466 g/mol. The SMILES string of the molecule is CC[C@H]1CCCCN1C(=O)Cn1nc2c(-c3nc(-c4cccc(Cl)c4)no3)cccn2c1=O. The molecule has 3 aromatic heterocycles. The number of aromatic nitrogens is 5. The van der Waals surface area contributed by atoms with E-state index in [0.29, 0.717) is 27.6 Å². The van der Waals surface area contributed by atoms with Crippen molar-refractivity contribution < 1.29 is 9.32 Å². The smallest absolute Gasteiger partial charge is 0.338 e. The molecule has 1 aliphatic rings. The highest BCUT2D eigenvalue weighted by Crippen LogP contribution is 2.26. The lowest BCUT2D eigenvalue weighted by Gasteiger charge is -2.35. The molecule has 5 rings (SSSR count). The Morgan fingerprint density at radius 3 is 2.94 bits per heavy atom. The van der Waals surface area contributed by atoms with Gasteiger partial charge >= 0.3 is 5.69 Å². The zero-order valence-electron chi connectivity index (χ0n) is 18.1. The normalized spacial score (nSPS) is 16.4. The van der Waals surface area contributed by atoms with Crippen LogP contribution in [0.3, 0.4) is 0 Å². The minimum Gasteiger partial charge on any atom is -0.338 e. The predicted molar refractivity (Wildman–Crippen MR) is 123 cm³/mol. The van der Waals surface area contributed by atoms with E-state index in [-0.39, 0.29) is 30.1 Å². The van der Waals surface area contributed by atoms with E-state index in [4.69, 9.17) is 16.1 Å². The number of carbonyl (C=O) groups excluding carboxylic acids is 1.